The van der Waals surface area contributed by atoms with Crippen LogP contribution in [0.4, 0.5) is 5.69 Å². The molecule has 0 radical (unpaired) electrons. The zero-order chi connectivity index (χ0) is 25.3. The molecule has 2 amide bonds. The largest absolute Gasteiger partial charge is 0.354 e. The summed E-state index contributed by atoms with van der Waals surface area (Å²) in [6, 6.07) is 13.7. The second kappa shape index (κ2) is 12.8. The number of sulfonamides is 1. The Morgan fingerprint density at radius 3 is 2.32 bits per heavy atom. The molecular formula is C25H34ClN3O4S. The number of para-hydroxylation sites is 1. The van der Waals surface area contributed by atoms with Crippen LogP contribution in [0.1, 0.15) is 44.2 Å². The third kappa shape index (κ3) is 8.02. The maximum absolute atomic E-state index is 13.2. The van der Waals surface area contributed by atoms with Gasteiger partial charge in [0.15, 0.2) is 0 Å². The Morgan fingerprint density at radius 1 is 1.09 bits per heavy atom. The Bertz CT molecular complexity index is 1070. The van der Waals surface area contributed by atoms with Crippen molar-refractivity contribution in [2.24, 2.45) is 0 Å². The minimum absolute atomic E-state index is 0.108. The highest BCUT2D eigenvalue weighted by molar-refractivity contribution is 7.92. The summed E-state index contributed by atoms with van der Waals surface area (Å²) < 4.78 is 26.2. The van der Waals surface area contributed by atoms with Crippen LogP contribution in [0.3, 0.4) is 0 Å². The van der Waals surface area contributed by atoms with Gasteiger partial charge in [-0.25, -0.2) is 8.42 Å². The number of carbonyl (C=O) groups excluding carboxylic acids is 2. The molecule has 0 aliphatic carbocycles. The first-order valence-electron chi connectivity index (χ1n) is 11.4. The van der Waals surface area contributed by atoms with E-state index in [1.54, 1.807) is 31.2 Å². The van der Waals surface area contributed by atoms with Crippen LogP contribution in [-0.4, -0.2) is 50.5 Å². The van der Waals surface area contributed by atoms with Gasteiger partial charge >= 0.3 is 0 Å². The third-order valence-electron chi connectivity index (χ3n) is 5.52. The Hall–Kier alpha value is -2.58. The second-order valence-corrected chi connectivity index (χ2v) is 10.7. The molecule has 0 heterocycles. The molecule has 0 spiro atoms. The number of aryl methyl sites for hydroxylation is 1. The quantitative estimate of drug-likeness (QED) is 0.467. The average molecular weight is 508 g/mol. The summed E-state index contributed by atoms with van der Waals surface area (Å²) >= 11 is 5.98. The predicted molar refractivity (Wildman–Crippen MR) is 137 cm³/mol. The van der Waals surface area contributed by atoms with Gasteiger partial charge in [-0.2, -0.15) is 0 Å². The normalized spacial score (nSPS) is 12.1. The summed E-state index contributed by atoms with van der Waals surface area (Å²) in [4.78, 5) is 27.4. The molecule has 9 heteroatoms. The van der Waals surface area contributed by atoms with Crippen molar-refractivity contribution in [2.75, 3.05) is 23.7 Å². The molecule has 0 unspecified atom stereocenters. The van der Waals surface area contributed by atoms with Gasteiger partial charge in [-0.1, -0.05) is 48.9 Å². The van der Waals surface area contributed by atoms with Gasteiger partial charge in [-0.15, -0.1) is 0 Å². The number of nitrogens with zero attached hydrogens (tertiary/aromatic N) is 2. The van der Waals surface area contributed by atoms with Crippen LogP contribution in [0.2, 0.25) is 5.02 Å². The minimum Gasteiger partial charge on any atom is -0.354 e. The fraction of sp³-hybridized carbons (Fsp3) is 0.440. The summed E-state index contributed by atoms with van der Waals surface area (Å²) in [6.07, 6.45) is 2.38. The number of anilines is 1. The van der Waals surface area contributed by atoms with E-state index in [0.29, 0.717) is 23.7 Å². The lowest BCUT2D eigenvalue weighted by Gasteiger charge is -2.29. The van der Waals surface area contributed by atoms with Crippen LogP contribution in [0.25, 0.3) is 0 Å². The molecule has 7 nitrogen and oxygen atoms in total. The molecule has 0 fully saturated rings. The lowest BCUT2D eigenvalue weighted by molar-refractivity contribution is -0.140. The number of hydrogen-bond donors (Lipinski definition) is 1. The Morgan fingerprint density at radius 2 is 1.74 bits per heavy atom. The highest BCUT2D eigenvalue weighted by Gasteiger charge is 2.26. The van der Waals surface area contributed by atoms with E-state index in [2.05, 4.69) is 5.32 Å². The van der Waals surface area contributed by atoms with Gasteiger partial charge in [0.2, 0.25) is 21.8 Å². The number of halogens is 1. The molecule has 2 aromatic rings. The summed E-state index contributed by atoms with van der Waals surface area (Å²) in [5.74, 6) is -0.436. The monoisotopic (exact) mass is 507 g/mol. The van der Waals surface area contributed by atoms with Crippen molar-refractivity contribution in [3.63, 3.8) is 0 Å². The van der Waals surface area contributed by atoms with E-state index in [1.807, 2.05) is 38.1 Å². The molecule has 34 heavy (non-hydrogen) atoms. The van der Waals surface area contributed by atoms with E-state index in [9.17, 15) is 18.0 Å². The van der Waals surface area contributed by atoms with Crippen molar-refractivity contribution in [3.05, 3.63) is 64.7 Å². The maximum Gasteiger partial charge on any atom is 0.242 e. The number of benzene rings is 2. The molecule has 0 aliphatic heterocycles. The average Bonchev–Trinajstić information content (AvgIpc) is 2.79. The van der Waals surface area contributed by atoms with E-state index in [1.165, 1.54) is 9.21 Å². The van der Waals surface area contributed by atoms with Gasteiger partial charge < -0.3 is 10.2 Å². The second-order valence-electron chi connectivity index (χ2n) is 8.34. The highest BCUT2D eigenvalue weighted by Crippen LogP contribution is 2.23. The van der Waals surface area contributed by atoms with E-state index in [4.69, 9.17) is 11.6 Å². The molecule has 186 valence electrons. The number of amides is 2. The summed E-state index contributed by atoms with van der Waals surface area (Å²) in [7, 11) is -3.52. The lowest BCUT2D eigenvalue weighted by Crippen LogP contribution is -2.47. The third-order valence-corrected chi connectivity index (χ3v) is 6.95. The van der Waals surface area contributed by atoms with Crippen LogP contribution in [0.15, 0.2) is 48.5 Å². The van der Waals surface area contributed by atoms with Crippen LogP contribution in [0, 0.1) is 6.92 Å². The Labute approximate surface area is 208 Å². The smallest absolute Gasteiger partial charge is 0.242 e. The fourth-order valence-electron chi connectivity index (χ4n) is 3.59. The van der Waals surface area contributed by atoms with Gasteiger partial charge in [0, 0.05) is 31.1 Å². The van der Waals surface area contributed by atoms with Crippen LogP contribution in [-0.2, 0) is 26.2 Å². The van der Waals surface area contributed by atoms with Gasteiger partial charge in [-0.05, 0) is 56.0 Å². The van der Waals surface area contributed by atoms with Gasteiger partial charge in [0.05, 0.1) is 11.9 Å². The van der Waals surface area contributed by atoms with Crippen molar-refractivity contribution in [1.82, 2.24) is 10.2 Å². The summed E-state index contributed by atoms with van der Waals surface area (Å²) in [6.45, 7) is 6.47. The number of hydrogen-bond acceptors (Lipinski definition) is 4. The van der Waals surface area contributed by atoms with Crippen molar-refractivity contribution < 1.29 is 18.0 Å². The van der Waals surface area contributed by atoms with E-state index < -0.39 is 16.1 Å². The molecule has 2 aromatic carbocycles. The van der Waals surface area contributed by atoms with Crippen LogP contribution >= 0.6 is 11.6 Å². The van der Waals surface area contributed by atoms with Crippen molar-refractivity contribution in [3.8, 4) is 0 Å². The number of nitrogens with one attached hydrogen (secondary N) is 1. The van der Waals surface area contributed by atoms with Crippen molar-refractivity contribution in [2.45, 2.75) is 52.6 Å². The molecule has 0 saturated heterocycles. The fourth-order valence-corrected chi connectivity index (χ4v) is 4.74. The van der Waals surface area contributed by atoms with Crippen LogP contribution < -0.4 is 9.62 Å². The summed E-state index contributed by atoms with van der Waals surface area (Å²) in [5, 5.41) is 3.43. The topological polar surface area (TPSA) is 86.8 Å². The SMILES string of the molecule is CCCNC(=O)[C@H](C)N(Cc1ccc(Cl)cc1)C(=O)CCCN(c1ccccc1C)S(C)(=O)=O. The van der Waals surface area contributed by atoms with Crippen LogP contribution in [0.5, 0.6) is 0 Å². The van der Waals surface area contributed by atoms with E-state index in [0.717, 1.165) is 23.8 Å². The number of carbonyl (C=O) groups is 2. The minimum atomic E-state index is -3.52. The summed E-state index contributed by atoms with van der Waals surface area (Å²) in [5.41, 5.74) is 2.29. The molecule has 0 saturated carbocycles. The van der Waals surface area contributed by atoms with Crippen molar-refractivity contribution in [1.29, 1.82) is 0 Å². The molecular weight excluding hydrogens is 474 g/mol. The van der Waals surface area contributed by atoms with Gasteiger partial charge in [0.25, 0.3) is 0 Å². The molecule has 0 aliphatic rings. The first-order chi connectivity index (χ1) is 16.0. The van der Waals surface area contributed by atoms with Gasteiger partial charge in [-0.3, -0.25) is 13.9 Å². The van der Waals surface area contributed by atoms with E-state index >= 15 is 0 Å². The molecule has 2 rings (SSSR count). The van der Waals surface area contributed by atoms with Crippen molar-refractivity contribution >= 4 is 39.1 Å². The Kier molecular flexibility index (Phi) is 10.4. The van der Waals surface area contributed by atoms with Gasteiger partial charge in [0.1, 0.15) is 6.04 Å². The van der Waals surface area contributed by atoms with E-state index in [-0.39, 0.29) is 31.3 Å². The molecule has 1 atom stereocenters. The molecule has 0 aromatic heterocycles. The molecule has 1 N–H and O–H groups in total. The molecule has 0 bridgehead atoms. The zero-order valence-corrected chi connectivity index (χ0v) is 21.8. The zero-order valence-electron chi connectivity index (χ0n) is 20.3. The Balaban J connectivity index is 2.15. The highest BCUT2D eigenvalue weighted by atomic mass is 35.5. The standard InChI is InChI=1S/C25H34ClN3O4S/c1-5-16-27-25(31)20(3)28(18-21-12-14-22(26)15-13-21)24(30)11-8-17-29(34(4,32)33)23-10-7-6-9-19(23)2/h6-7,9-10,12-15,20H,5,8,11,16-18H2,1-4H3,(H,27,31)/t20-/m0/s1. The lowest BCUT2D eigenvalue weighted by atomic mass is 10.1. The number of rotatable bonds is 12. The maximum atomic E-state index is 13.2. The first-order valence-corrected chi connectivity index (χ1v) is 13.6. The predicted octanol–water partition coefficient (Wildman–Crippen LogP) is 4.14. The first kappa shape index (κ1) is 27.7.